The van der Waals surface area contributed by atoms with Crippen molar-refractivity contribution >= 4 is 27.5 Å². The molecule has 0 bridgehead atoms. The summed E-state index contributed by atoms with van der Waals surface area (Å²) >= 11 is 0.412. The van der Waals surface area contributed by atoms with Crippen molar-refractivity contribution in [1.29, 1.82) is 0 Å². The van der Waals surface area contributed by atoms with E-state index in [1.807, 2.05) is 0 Å². The number of sulfonamides is 1. The molecule has 0 spiro atoms. The number of thiol groups is 1. The van der Waals surface area contributed by atoms with Gasteiger partial charge in [0.05, 0.1) is 11.4 Å². The van der Waals surface area contributed by atoms with E-state index in [0.29, 0.717) is 17.1 Å². The third kappa shape index (κ3) is 3.68. The minimum absolute atomic E-state index is 0.0605. The molecule has 0 atom stereocenters. The molecule has 0 aromatic heterocycles. The van der Waals surface area contributed by atoms with Crippen molar-refractivity contribution in [3.8, 4) is 12.3 Å². The highest BCUT2D eigenvalue weighted by Gasteiger charge is 2.12. The molecule has 1 rings (SSSR count). The van der Waals surface area contributed by atoms with Gasteiger partial charge in [0, 0.05) is 5.56 Å². The van der Waals surface area contributed by atoms with E-state index in [-0.39, 0.29) is 17.3 Å². The number of hydrogen-bond acceptors (Lipinski definition) is 3. The van der Waals surface area contributed by atoms with Crippen LogP contribution >= 0.6 is 0 Å². The molecule has 7 heteroatoms. The van der Waals surface area contributed by atoms with E-state index in [4.69, 9.17) is 6.42 Å². The standard InChI is InChI=1S/C11H12N2O3S2/c1-3-8-12-11(14)9-4-6-10(7-5-9)18(15,16)13-17-2/h1,4-7,17H,8H2,2H3,(H,12,14). The fourth-order valence-corrected chi connectivity index (χ4v) is 2.88. The van der Waals surface area contributed by atoms with E-state index >= 15 is 0 Å². The van der Waals surface area contributed by atoms with E-state index in [0.717, 1.165) is 0 Å². The Balaban J connectivity index is 2.94. The minimum atomic E-state index is -3.62. The number of amides is 1. The first-order valence-electron chi connectivity index (χ1n) is 4.89. The average molecular weight is 284 g/mol. The quantitative estimate of drug-likeness (QED) is 0.619. The van der Waals surface area contributed by atoms with Gasteiger partial charge in [-0.15, -0.1) is 10.2 Å². The van der Waals surface area contributed by atoms with Crippen LogP contribution in [0.3, 0.4) is 0 Å². The third-order valence-corrected chi connectivity index (χ3v) is 4.34. The number of benzene rings is 1. The molecular formula is C11H12N2O3S2. The number of nitrogens with one attached hydrogen (secondary N) is 1. The molecule has 1 N–H and O–H groups in total. The average Bonchev–Trinajstić information content (AvgIpc) is 2.36. The van der Waals surface area contributed by atoms with Gasteiger partial charge < -0.3 is 5.32 Å². The van der Waals surface area contributed by atoms with Crippen molar-refractivity contribution in [2.24, 2.45) is 3.77 Å². The van der Waals surface area contributed by atoms with E-state index in [9.17, 15) is 13.2 Å². The van der Waals surface area contributed by atoms with Gasteiger partial charge in [0.15, 0.2) is 0 Å². The second kappa shape index (κ2) is 6.33. The predicted octanol–water partition coefficient (Wildman–Crippen LogP) is 0.367. The summed E-state index contributed by atoms with van der Waals surface area (Å²) in [7, 11) is -3.62. The molecule has 1 aromatic rings. The predicted molar refractivity (Wildman–Crippen MR) is 71.9 cm³/mol. The molecular weight excluding hydrogens is 272 g/mol. The maximum atomic E-state index is 11.6. The molecule has 0 unspecified atom stereocenters. The summed E-state index contributed by atoms with van der Waals surface area (Å²) in [6.45, 7) is 0.128. The number of carbonyl (C=O) groups is 1. The molecule has 18 heavy (non-hydrogen) atoms. The Morgan fingerprint density at radius 1 is 1.44 bits per heavy atom. The van der Waals surface area contributed by atoms with Crippen LogP contribution in [0.1, 0.15) is 10.4 Å². The number of carbonyl (C=O) groups excluding carboxylic acids is 1. The molecule has 0 fully saturated rings. The summed E-state index contributed by atoms with van der Waals surface area (Å²) in [6, 6.07) is 5.52. The van der Waals surface area contributed by atoms with Gasteiger partial charge in [-0.3, -0.25) is 4.79 Å². The van der Waals surface area contributed by atoms with Crippen molar-refractivity contribution in [2.45, 2.75) is 4.90 Å². The lowest BCUT2D eigenvalue weighted by atomic mass is 10.2. The lowest BCUT2D eigenvalue weighted by Gasteiger charge is -2.02. The topological polar surface area (TPSA) is 75.6 Å². The van der Waals surface area contributed by atoms with Crippen molar-refractivity contribution in [2.75, 3.05) is 12.8 Å². The third-order valence-electron chi connectivity index (χ3n) is 1.95. The molecule has 1 amide bonds. The molecule has 0 saturated carbocycles. The Labute approximate surface area is 110 Å². The number of terminal acetylenes is 1. The molecule has 5 nitrogen and oxygen atoms in total. The minimum Gasteiger partial charge on any atom is -0.341 e. The molecule has 0 aliphatic rings. The van der Waals surface area contributed by atoms with Crippen LogP contribution < -0.4 is 5.32 Å². The zero-order valence-corrected chi connectivity index (χ0v) is 11.3. The normalized spacial score (nSPS) is 11.6. The van der Waals surface area contributed by atoms with Crippen LogP contribution in [0.15, 0.2) is 32.9 Å². The van der Waals surface area contributed by atoms with E-state index in [2.05, 4.69) is 15.0 Å². The summed E-state index contributed by atoms with van der Waals surface area (Å²) in [6.07, 6.45) is 6.62. The van der Waals surface area contributed by atoms with Crippen LogP contribution in [0.4, 0.5) is 0 Å². The Bertz CT molecular complexity index is 598. The van der Waals surface area contributed by atoms with Crippen molar-refractivity contribution in [3.63, 3.8) is 0 Å². The maximum absolute atomic E-state index is 11.6. The summed E-state index contributed by atoms with van der Waals surface area (Å²) in [5.41, 5.74) is 0.346. The van der Waals surface area contributed by atoms with E-state index in [1.54, 1.807) is 6.26 Å². The van der Waals surface area contributed by atoms with Crippen LogP contribution in [0.5, 0.6) is 0 Å². The largest absolute Gasteiger partial charge is 0.341 e. The van der Waals surface area contributed by atoms with Crippen molar-refractivity contribution in [1.82, 2.24) is 5.32 Å². The molecule has 0 heterocycles. The van der Waals surface area contributed by atoms with Crippen LogP contribution in [-0.4, -0.2) is 27.1 Å². The molecule has 96 valence electrons. The van der Waals surface area contributed by atoms with Gasteiger partial charge in [0.25, 0.3) is 15.9 Å². The smallest absolute Gasteiger partial charge is 0.287 e. The fourth-order valence-electron chi connectivity index (χ4n) is 1.17. The summed E-state index contributed by atoms with van der Waals surface area (Å²) < 4.78 is 26.6. The first kappa shape index (κ1) is 14.4. The maximum Gasteiger partial charge on any atom is 0.287 e. The summed E-state index contributed by atoms with van der Waals surface area (Å²) in [4.78, 5) is 11.6. The molecule has 0 saturated heterocycles. The molecule has 0 radical (unpaired) electrons. The van der Waals surface area contributed by atoms with Gasteiger partial charge in [-0.05, 0) is 30.5 Å². The van der Waals surface area contributed by atoms with E-state index < -0.39 is 10.0 Å². The molecule has 0 aliphatic heterocycles. The second-order valence-corrected chi connectivity index (χ2v) is 5.64. The molecule has 0 aliphatic carbocycles. The number of hydrogen-bond donors (Lipinski definition) is 2. The monoisotopic (exact) mass is 284 g/mol. The number of nitrogens with zero attached hydrogens (tertiary/aromatic N) is 1. The first-order valence-corrected chi connectivity index (χ1v) is 7.62. The molecule has 1 aromatic carbocycles. The van der Waals surface area contributed by atoms with Gasteiger partial charge in [-0.2, -0.15) is 8.42 Å². The Kier molecular flexibility index (Phi) is 5.07. The lowest BCUT2D eigenvalue weighted by molar-refractivity contribution is 0.0958. The van der Waals surface area contributed by atoms with Crippen molar-refractivity contribution < 1.29 is 13.2 Å². The fraction of sp³-hybridized carbons (Fsp3) is 0.182. The van der Waals surface area contributed by atoms with Gasteiger partial charge in [0.1, 0.15) is 0 Å². The summed E-state index contributed by atoms with van der Waals surface area (Å²) in [5, 5.41) is 2.48. The van der Waals surface area contributed by atoms with Gasteiger partial charge in [0.2, 0.25) is 0 Å². The number of rotatable bonds is 4. The SMILES string of the molecule is C#CCNC(=O)c1ccc(S(=O)(=O)N=[SH]C)cc1. The first-order chi connectivity index (χ1) is 8.51. The summed E-state index contributed by atoms with van der Waals surface area (Å²) in [5.74, 6) is 1.93. The zero-order valence-electron chi connectivity index (χ0n) is 9.62. The highest BCUT2D eigenvalue weighted by Crippen LogP contribution is 2.13. The van der Waals surface area contributed by atoms with Crippen LogP contribution in [0.25, 0.3) is 0 Å². The zero-order chi connectivity index (χ0) is 13.6. The van der Waals surface area contributed by atoms with Crippen LogP contribution in [0, 0.1) is 12.3 Å². The highest BCUT2D eigenvalue weighted by atomic mass is 32.2. The second-order valence-electron chi connectivity index (χ2n) is 3.17. The highest BCUT2D eigenvalue weighted by molar-refractivity contribution is 7.94. The van der Waals surface area contributed by atoms with Crippen LogP contribution in [0.2, 0.25) is 0 Å². The van der Waals surface area contributed by atoms with E-state index in [1.165, 1.54) is 24.3 Å². The van der Waals surface area contributed by atoms with Gasteiger partial charge >= 0.3 is 0 Å². The van der Waals surface area contributed by atoms with Crippen molar-refractivity contribution in [3.05, 3.63) is 29.8 Å². The van der Waals surface area contributed by atoms with Crippen LogP contribution in [-0.2, 0) is 21.6 Å². The van der Waals surface area contributed by atoms with Gasteiger partial charge in [-0.25, -0.2) is 0 Å². The Hall–Kier alpha value is -1.65. The Morgan fingerprint density at radius 2 is 2.06 bits per heavy atom. The lowest BCUT2D eigenvalue weighted by Crippen LogP contribution is -2.23. The van der Waals surface area contributed by atoms with Gasteiger partial charge in [-0.1, -0.05) is 17.5 Å². The Morgan fingerprint density at radius 3 is 2.56 bits per heavy atom.